The van der Waals surface area contributed by atoms with Gasteiger partial charge in [-0.05, 0) is 48.4 Å². The van der Waals surface area contributed by atoms with E-state index < -0.39 is 17.8 Å². The highest BCUT2D eigenvalue weighted by atomic mass is 35.5. The van der Waals surface area contributed by atoms with Crippen LogP contribution in [-0.4, -0.2) is 17.9 Å². The van der Waals surface area contributed by atoms with E-state index in [9.17, 15) is 22.8 Å². The summed E-state index contributed by atoms with van der Waals surface area (Å²) in [6.45, 7) is 4.99. The van der Waals surface area contributed by atoms with Crippen LogP contribution < -0.4 is 16.0 Å². The van der Waals surface area contributed by atoms with Gasteiger partial charge in [0.2, 0.25) is 11.8 Å². The molecule has 0 aliphatic heterocycles. The third kappa shape index (κ3) is 6.39. The van der Waals surface area contributed by atoms with Gasteiger partial charge in [-0.1, -0.05) is 25.4 Å². The topological polar surface area (TPSA) is 70.2 Å². The zero-order valence-electron chi connectivity index (χ0n) is 16.0. The second-order valence-electron chi connectivity index (χ2n) is 6.81. The first kappa shape index (κ1) is 22.5. The Morgan fingerprint density at radius 1 is 0.966 bits per heavy atom. The van der Waals surface area contributed by atoms with Crippen LogP contribution in [0, 0.1) is 5.92 Å². The predicted molar refractivity (Wildman–Crippen MR) is 108 cm³/mol. The van der Waals surface area contributed by atoms with E-state index in [-0.39, 0.29) is 28.4 Å². The van der Waals surface area contributed by atoms with E-state index >= 15 is 0 Å². The summed E-state index contributed by atoms with van der Waals surface area (Å²) in [5.74, 6) is -0.755. The van der Waals surface area contributed by atoms with E-state index in [1.54, 1.807) is 38.1 Å². The Hall–Kier alpha value is -2.74. The zero-order chi connectivity index (χ0) is 21.8. The van der Waals surface area contributed by atoms with Crippen molar-refractivity contribution in [3.63, 3.8) is 0 Å². The Balaban J connectivity index is 2.13. The maximum Gasteiger partial charge on any atom is 0.416 e. The molecular formula is C20H21ClF3N3O2. The van der Waals surface area contributed by atoms with Gasteiger partial charge in [-0.2, -0.15) is 13.2 Å². The van der Waals surface area contributed by atoms with Crippen molar-refractivity contribution in [1.29, 1.82) is 0 Å². The first-order chi connectivity index (χ1) is 13.5. The molecule has 0 aliphatic rings. The van der Waals surface area contributed by atoms with Gasteiger partial charge >= 0.3 is 6.18 Å². The normalized spacial score (nSPS) is 12.4. The van der Waals surface area contributed by atoms with Crippen LogP contribution in [0.1, 0.15) is 26.3 Å². The lowest BCUT2D eigenvalue weighted by Crippen LogP contribution is -2.39. The number of carbonyl (C=O) groups excluding carboxylic acids is 2. The third-order valence-electron chi connectivity index (χ3n) is 4.03. The lowest BCUT2D eigenvalue weighted by molar-refractivity contribution is -0.137. The van der Waals surface area contributed by atoms with Crippen LogP contribution in [0.5, 0.6) is 0 Å². The standard InChI is InChI=1S/C20H21ClF3N3O2/c1-11(2)18(27-17-9-4-13(10-16(17)21)20(22,23)24)19(29)26-15-7-5-14(6-8-15)25-12(3)28/h4-11,18,27H,1-3H3,(H,25,28)(H,26,29). The van der Waals surface area contributed by atoms with Crippen molar-refractivity contribution in [2.24, 2.45) is 5.92 Å². The highest BCUT2D eigenvalue weighted by molar-refractivity contribution is 6.33. The lowest BCUT2D eigenvalue weighted by atomic mass is 10.0. The molecule has 2 amide bonds. The van der Waals surface area contributed by atoms with Gasteiger partial charge in [-0.25, -0.2) is 0 Å². The Kier molecular flexibility index (Phi) is 7.13. The largest absolute Gasteiger partial charge is 0.416 e. The number of amides is 2. The lowest BCUT2D eigenvalue weighted by Gasteiger charge is -2.24. The molecule has 2 rings (SSSR count). The van der Waals surface area contributed by atoms with E-state index in [2.05, 4.69) is 16.0 Å². The van der Waals surface area contributed by atoms with Gasteiger partial charge in [0.1, 0.15) is 6.04 Å². The van der Waals surface area contributed by atoms with Gasteiger partial charge in [-0.3, -0.25) is 9.59 Å². The van der Waals surface area contributed by atoms with Crippen LogP contribution in [0.4, 0.5) is 30.2 Å². The van der Waals surface area contributed by atoms with Crippen LogP contribution in [0.2, 0.25) is 5.02 Å². The number of anilines is 3. The van der Waals surface area contributed by atoms with Crippen molar-refractivity contribution < 1.29 is 22.8 Å². The summed E-state index contributed by atoms with van der Waals surface area (Å²) in [6.07, 6.45) is -4.50. The van der Waals surface area contributed by atoms with Crippen molar-refractivity contribution in [1.82, 2.24) is 0 Å². The average Bonchev–Trinajstić information content (AvgIpc) is 2.60. The van der Waals surface area contributed by atoms with Crippen molar-refractivity contribution in [2.75, 3.05) is 16.0 Å². The summed E-state index contributed by atoms with van der Waals surface area (Å²) in [6, 6.07) is 8.74. The Labute approximate surface area is 171 Å². The second kappa shape index (κ2) is 9.17. The molecular weight excluding hydrogens is 407 g/mol. The summed E-state index contributed by atoms with van der Waals surface area (Å²) < 4.78 is 38.4. The molecule has 0 saturated carbocycles. The number of nitrogens with one attached hydrogen (secondary N) is 3. The van der Waals surface area contributed by atoms with Gasteiger partial charge in [0, 0.05) is 18.3 Å². The number of carbonyl (C=O) groups is 2. The highest BCUT2D eigenvalue weighted by Gasteiger charge is 2.31. The number of hydrogen-bond donors (Lipinski definition) is 3. The summed E-state index contributed by atoms with van der Waals surface area (Å²) in [4.78, 5) is 23.7. The number of rotatable bonds is 6. The molecule has 0 fully saturated rings. The second-order valence-corrected chi connectivity index (χ2v) is 7.21. The number of alkyl halides is 3. The first-order valence-corrected chi connectivity index (χ1v) is 9.17. The summed E-state index contributed by atoms with van der Waals surface area (Å²) >= 11 is 5.98. The first-order valence-electron chi connectivity index (χ1n) is 8.79. The number of halogens is 4. The quantitative estimate of drug-likeness (QED) is 0.578. The fraction of sp³-hybridized carbons (Fsp3) is 0.300. The minimum atomic E-state index is -4.50. The van der Waals surface area contributed by atoms with E-state index in [0.29, 0.717) is 11.4 Å². The monoisotopic (exact) mass is 427 g/mol. The predicted octanol–water partition coefficient (Wildman–Crippen LogP) is 5.39. The summed E-state index contributed by atoms with van der Waals surface area (Å²) in [5.41, 5.74) is 0.466. The Morgan fingerprint density at radius 2 is 1.52 bits per heavy atom. The van der Waals surface area contributed by atoms with Gasteiger partial charge in [-0.15, -0.1) is 0 Å². The molecule has 0 radical (unpaired) electrons. The smallest absolute Gasteiger partial charge is 0.372 e. The zero-order valence-corrected chi connectivity index (χ0v) is 16.8. The SMILES string of the molecule is CC(=O)Nc1ccc(NC(=O)C(Nc2ccc(C(F)(F)F)cc2Cl)C(C)C)cc1. The van der Waals surface area contributed by atoms with Crippen LogP contribution in [0.3, 0.4) is 0 Å². The molecule has 2 aromatic rings. The van der Waals surface area contributed by atoms with E-state index in [0.717, 1.165) is 12.1 Å². The third-order valence-corrected chi connectivity index (χ3v) is 4.34. The molecule has 1 atom stereocenters. The minimum absolute atomic E-state index is 0.127. The molecule has 29 heavy (non-hydrogen) atoms. The summed E-state index contributed by atoms with van der Waals surface area (Å²) in [5, 5.41) is 8.15. The molecule has 5 nitrogen and oxygen atoms in total. The van der Waals surface area contributed by atoms with Gasteiger partial charge < -0.3 is 16.0 Å². The number of benzene rings is 2. The molecule has 1 unspecified atom stereocenters. The molecule has 156 valence electrons. The Morgan fingerprint density at radius 3 is 1.97 bits per heavy atom. The van der Waals surface area contributed by atoms with Crippen molar-refractivity contribution in [3.8, 4) is 0 Å². The number of hydrogen-bond acceptors (Lipinski definition) is 3. The molecule has 0 spiro atoms. The van der Waals surface area contributed by atoms with Gasteiger partial charge in [0.25, 0.3) is 0 Å². The molecule has 0 bridgehead atoms. The average molecular weight is 428 g/mol. The van der Waals surface area contributed by atoms with Crippen LogP contribution in [0.15, 0.2) is 42.5 Å². The molecule has 0 saturated heterocycles. The molecule has 0 heterocycles. The molecule has 9 heteroatoms. The summed E-state index contributed by atoms with van der Waals surface area (Å²) in [7, 11) is 0. The minimum Gasteiger partial charge on any atom is -0.372 e. The fourth-order valence-corrected chi connectivity index (χ4v) is 2.81. The maximum absolute atomic E-state index is 12.8. The van der Waals surface area contributed by atoms with Gasteiger partial charge in [0.15, 0.2) is 0 Å². The maximum atomic E-state index is 12.8. The highest BCUT2D eigenvalue weighted by Crippen LogP contribution is 2.34. The van der Waals surface area contributed by atoms with Gasteiger partial charge in [0.05, 0.1) is 16.3 Å². The van der Waals surface area contributed by atoms with Crippen LogP contribution >= 0.6 is 11.6 Å². The van der Waals surface area contributed by atoms with Crippen molar-refractivity contribution in [2.45, 2.75) is 33.0 Å². The van der Waals surface area contributed by atoms with E-state index in [1.807, 2.05) is 0 Å². The van der Waals surface area contributed by atoms with Crippen LogP contribution in [-0.2, 0) is 15.8 Å². The molecule has 0 aliphatic carbocycles. The van der Waals surface area contributed by atoms with Crippen LogP contribution in [0.25, 0.3) is 0 Å². The Bertz CT molecular complexity index is 884. The fourth-order valence-electron chi connectivity index (χ4n) is 2.57. The van der Waals surface area contributed by atoms with Crippen molar-refractivity contribution >= 4 is 40.5 Å². The van der Waals surface area contributed by atoms with E-state index in [4.69, 9.17) is 11.6 Å². The molecule has 3 N–H and O–H groups in total. The van der Waals surface area contributed by atoms with E-state index in [1.165, 1.54) is 13.0 Å². The van der Waals surface area contributed by atoms with Crippen molar-refractivity contribution in [3.05, 3.63) is 53.1 Å². The molecule has 2 aromatic carbocycles. The molecule has 0 aromatic heterocycles.